The summed E-state index contributed by atoms with van der Waals surface area (Å²) in [4.78, 5) is 25.8. The summed E-state index contributed by atoms with van der Waals surface area (Å²) in [5, 5.41) is 41.6. The summed E-state index contributed by atoms with van der Waals surface area (Å²) < 4.78 is 29.0. The van der Waals surface area contributed by atoms with Crippen LogP contribution in [0.1, 0.15) is 200 Å². The second-order valence-corrected chi connectivity index (χ2v) is 16.6. The number of ether oxygens (including phenoxy) is 5. The molecule has 11 heteroatoms. The lowest BCUT2D eigenvalue weighted by molar-refractivity contribution is -0.371. The van der Waals surface area contributed by atoms with E-state index in [1.165, 1.54) is 77.0 Å². The lowest BCUT2D eigenvalue weighted by atomic mass is 10.0. The molecule has 4 N–H and O–H groups in total. The van der Waals surface area contributed by atoms with E-state index in [2.05, 4.69) is 38.2 Å². The third-order valence-electron chi connectivity index (χ3n) is 11.3. The van der Waals surface area contributed by atoms with E-state index in [1.54, 1.807) is 0 Å². The molecule has 0 aromatic rings. The van der Waals surface area contributed by atoms with Crippen LogP contribution in [0.2, 0.25) is 0 Å². The summed E-state index contributed by atoms with van der Waals surface area (Å²) in [7, 11) is 0. The van der Waals surface area contributed by atoms with Crippen molar-refractivity contribution in [2.75, 3.05) is 19.8 Å². The summed E-state index contributed by atoms with van der Waals surface area (Å²) in [5.74, 6) is -2.99. The van der Waals surface area contributed by atoms with Crippen molar-refractivity contribution in [3.05, 3.63) is 24.3 Å². The van der Waals surface area contributed by atoms with Gasteiger partial charge in [0.1, 0.15) is 18.8 Å². The molecule has 2 rings (SSSR count). The number of esters is 2. The van der Waals surface area contributed by atoms with E-state index in [9.17, 15) is 30.0 Å². The predicted molar refractivity (Wildman–Crippen MR) is 228 cm³/mol. The van der Waals surface area contributed by atoms with E-state index >= 15 is 0 Å². The molecule has 1 unspecified atom stereocenters. The Balaban J connectivity index is 1.73. The summed E-state index contributed by atoms with van der Waals surface area (Å²) in [6.07, 6.45) is 31.6. The van der Waals surface area contributed by atoms with Crippen molar-refractivity contribution in [2.24, 2.45) is 0 Å². The molecule has 0 spiro atoms. The Bertz CT molecular complexity index is 1080. The van der Waals surface area contributed by atoms with Crippen molar-refractivity contribution in [1.29, 1.82) is 0 Å². The van der Waals surface area contributed by atoms with Gasteiger partial charge in [0.25, 0.3) is 0 Å². The Morgan fingerprint density at radius 2 is 1.05 bits per heavy atom. The van der Waals surface area contributed by atoms with E-state index < -0.39 is 67.7 Å². The van der Waals surface area contributed by atoms with E-state index in [-0.39, 0.29) is 25.9 Å². The summed E-state index contributed by atoms with van der Waals surface area (Å²) in [6.45, 7) is 2.99. The molecular weight excluding hydrogens is 741 g/mol. The molecule has 0 aliphatic carbocycles. The molecule has 0 saturated carbocycles. The second-order valence-electron chi connectivity index (χ2n) is 16.6. The zero-order chi connectivity index (χ0) is 42.1. The lowest BCUT2D eigenvalue weighted by Crippen LogP contribution is -2.60. The molecule has 2 heterocycles. The minimum absolute atomic E-state index is 0.0625. The number of aliphatic hydroxyl groups is 4. The first kappa shape index (κ1) is 52.3. The number of carbonyl (C=O) groups is 2. The van der Waals surface area contributed by atoms with Gasteiger partial charge in [-0.25, -0.2) is 0 Å². The fourth-order valence-electron chi connectivity index (χ4n) is 7.65. The first-order valence-corrected chi connectivity index (χ1v) is 23.5. The van der Waals surface area contributed by atoms with Gasteiger partial charge in [-0.1, -0.05) is 141 Å². The first-order chi connectivity index (χ1) is 28.3. The summed E-state index contributed by atoms with van der Waals surface area (Å²) in [6, 6.07) is 0. The molecule has 338 valence electrons. The molecule has 2 fully saturated rings. The zero-order valence-electron chi connectivity index (χ0n) is 36.5. The average Bonchev–Trinajstić information content (AvgIpc) is 3.57. The van der Waals surface area contributed by atoms with Crippen LogP contribution in [0.5, 0.6) is 0 Å². The monoisotopic (exact) mass is 825 g/mol. The fourth-order valence-corrected chi connectivity index (χ4v) is 7.65. The van der Waals surface area contributed by atoms with Crippen LogP contribution in [0.3, 0.4) is 0 Å². The van der Waals surface area contributed by atoms with Gasteiger partial charge in [-0.05, 0) is 64.2 Å². The van der Waals surface area contributed by atoms with Gasteiger partial charge < -0.3 is 44.1 Å². The van der Waals surface area contributed by atoms with Gasteiger partial charge in [0.2, 0.25) is 12.1 Å². The fraction of sp³-hybridized carbons (Fsp3) is 0.872. The Hall–Kier alpha value is -1.86. The minimum atomic E-state index is -1.94. The maximum Gasteiger partial charge on any atom is 0.306 e. The van der Waals surface area contributed by atoms with Crippen LogP contribution < -0.4 is 0 Å². The third-order valence-corrected chi connectivity index (χ3v) is 11.3. The molecule has 11 nitrogen and oxygen atoms in total. The molecule has 2 aliphatic rings. The number of unbranched alkanes of at least 4 members (excludes halogenated alkanes) is 22. The van der Waals surface area contributed by atoms with Crippen molar-refractivity contribution in [3.63, 3.8) is 0 Å². The third kappa shape index (κ3) is 22.7. The van der Waals surface area contributed by atoms with Gasteiger partial charge in [-0.15, -0.1) is 0 Å². The van der Waals surface area contributed by atoms with Crippen LogP contribution in [-0.4, -0.2) is 94.8 Å². The molecule has 58 heavy (non-hydrogen) atoms. The number of hydrogen-bond donors (Lipinski definition) is 4. The van der Waals surface area contributed by atoms with E-state index in [0.29, 0.717) is 12.8 Å². The molecule has 0 amide bonds. The quantitative estimate of drug-likeness (QED) is 0.0271. The number of rotatable bonds is 36. The maximum atomic E-state index is 12.9. The number of hydrogen-bond acceptors (Lipinski definition) is 11. The highest BCUT2D eigenvalue weighted by Gasteiger charge is 2.56. The lowest BCUT2D eigenvalue weighted by Gasteiger charge is -2.42. The Morgan fingerprint density at radius 3 is 1.50 bits per heavy atom. The Labute approximate surface area is 351 Å². The molecule has 0 aromatic heterocycles. The van der Waals surface area contributed by atoms with Gasteiger partial charge in [0, 0.05) is 19.3 Å². The second kappa shape index (κ2) is 33.8. The van der Waals surface area contributed by atoms with Gasteiger partial charge >= 0.3 is 11.9 Å². The molecular formula is C47H84O11. The maximum absolute atomic E-state index is 12.9. The normalized spacial score (nSPS) is 24.9. The standard InChI is InChI=1S/C47H84O11/c1-3-5-7-9-11-13-15-17-19-21-23-25-27-29-31-33-42(51)55-41-35-39(36-48)57-47(41,38-49)58-46-45(44(53)40(50)37-54-46)56-43(52)34-32-30-28-26-24-22-20-18-16-14-12-10-8-6-4-2/h17-20,39-41,44-46,48-50,53H,3-16,21-38H2,1-2H3/b19-17-,20-18-/t39-,40+,41-,44?,45+,46+,47-/m0/s1. The van der Waals surface area contributed by atoms with Crippen molar-refractivity contribution in [3.8, 4) is 0 Å². The molecule has 2 saturated heterocycles. The highest BCUT2D eigenvalue weighted by Crippen LogP contribution is 2.37. The predicted octanol–water partition coefficient (Wildman–Crippen LogP) is 9.45. The minimum Gasteiger partial charge on any atom is -0.456 e. The SMILES string of the molecule is CCCCCCCC/C=C\CCCCCCCC(=O)O[C@@H]1C(O)[C@H](O)CO[C@@H]1O[C@]1(CO)O[C@H](CO)C[C@@H]1OC(=O)CCCCCCC/C=C\CCCCCCCC. The van der Waals surface area contributed by atoms with E-state index in [1.807, 2.05) is 0 Å². The number of allylic oxidation sites excluding steroid dienone is 4. The average molecular weight is 825 g/mol. The molecule has 0 aromatic carbocycles. The van der Waals surface area contributed by atoms with Crippen LogP contribution in [-0.2, 0) is 33.3 Å². The summed E-state index contributed by atoms with van der Waals surface area (Å²) >= 11 is 0. The van der Waals surface area contributed by atoms with Crippen LogP contribution in [0, 0.1) is 0 Å². The Kier molecular flexibility index (Phi) is 30.5. The van der Waals surface area contributed by atoms with Crippen molar-refractivity contribution in [1.82, 2.24) is 0 Å². The van der Waals surface area contributed by atoms with Crippen molar-refractivity contribution >= 4 is 11.9 Å². The van der Waals surface area contributed by atoms with Crippen LogP contribution in [0.25, 0.3) is 0 Å². The van der Waals surface area contributed by atoms with Crippen LogP contribution >= 0.6 is 0 Å². The highest BCUT2D eigenvalue weighted by atomic mass is 16.8. The first-order valence-electron chi connectivity index (χ1n) is 23.5. The highest BCUT2D eigenvalue weighted by molar-refractivity contribution is 5.70. The van der Waals surface area contributed by atoms with Crippen LogP contribution in [0.4, 0.5) is 0 Å². The smallest absolute Gasteiger partial charge is 0.306 e. The van der Waals surface area contributed by atoms with E-state index in [0.717, 1.165) is 77.0 Å². The van der Waals surface area contributed by atoms with Gasteiger partial charge in [-0.2, -0.15) is 0 Å². The van der Waals surface area contributed by atoms with Crippen molar-refractivity contribution in [2.45, 2.75) is 243 Å². The van der Waals surface area contributed by atoms with Crippen molar-refractivity contribution < 1.29 is 53.7 Å². The molecule has 0 radical (unpaired) electrons. The zero-order valence-corrected chi connectivity index (χ0v) is 36.5. The molecule has 7 atom stereocenters. The molecule has 0 bridgehead atoms. The van der Waals surface area contributed by atoms with Gasteiger partial charge in [0.05, 0.1) is 19.3 Å². The van der Waals surface area contributed by atoms with E-state index in [4.69, 9.17) is 23.7 Å². The van der Waals surface area contributed by atoms with Gasteiger partial charge in [-0.3, -0.25) is 9.59 Å². The number of aliphatic hydroxyl groups excluding tert-OH is 4. The van der Waals surface area contributed by atoms with Gasteiger partial charge in [0.15, 0.2) is 12.2 Å². The topological polar surface area (TPSA) is 161 Å². The molecule has 2 aliphatic heterocycles. The summed E-state index contributed by atoms with van der Waals surface area (Å²) in [5.41, 5.74) is 0. The van der Waals surface area contributed by atoms with Crippen LogP contribution in [0.15, 0.2) is 24.3 Å². The Morgan fingerprint density at radius 1 is 0.621 bits per heavy atom. The largest absolute Gasteiger partial charge is 0.456 e. The number of carbonyl (C=O) groups excluding carboxylic acids is 2.